The summed E-state index contributed by atoms with van der Waals surface area (Å²) in [6.45, 7) is 1.41. The first-order chi connectivity index (χ1) is 17.6. The Bertz CT molecular complexity index is 1480. The number of nitrogen functional groups attached to an aromatic ring is 1. The number of aromatic nitrogens is 4. The van der Waals surface area contributed by atoms with Gasteiger partial charge in [0.1, 0.15) is 28.7 Å². The Kier molecular flexibility index (Phi) is 5.49. The first-order valence-corrected chi connectivity index (χ1v) is 12.3. The molecule has 1 saturated carbocycles. The van der Waals surface area contributed by atoms with Gasteiger partial charge in [0, 0.05) is 48.7 Å². The molecule has 0 radical (unpaired) electrons. The van der Waals surface area contributed by atoms with E-state index in [4.69, 9.17) is 10.7 Å². The number of hydrogen-bond donors (Lipinski definition) is 2. The molecule has 9 heteroatoms. The van der Waals surface area contributed by atoms with Crippen LogP contribution in [0.5, 0.6) is 0 Å². The second kappa shape index (κ2) is 8.96. The summed E-state index contributed by atoms with van der Waals surface area (Å²) in [5, 5.41) is 12.3. The molecule has 1 unspecified atom stereocenters. The van der Waals surface area contributed by atoms with Gasteiger partial charge in [0.25, 0.3) is 5.91 Å². The van der Waals surface area contributed by atoms with Crippen LogP contribution in [0.25, 0.3) is 16.8 Å². The predicted molar refractivity (Wildman–Crippen MR) is 136 cm³/mol. The lowest BCUT2D eigenvalue weighted by Gasteiger charge is -2.27. The zero-order chi connectivity index (χ0) is 24.6. The van der Waals surface area contributed by atoms with Gasteiger partial charge in [0.15, 0.2) is 6.19 Å². The lowest BCUT2D eigenvalue weighted by atomic mass is 9.98. The van der Waals surface area contributed by atoms with Crippen molar-refractivity contribution in [3.63, 3.8) is 0 Å². The van der Waals surface area contributed by atoms with E-state index in [-0.39, 0.29) is 11.8 Å². The molecular weight excluding hydrogens is 452 g/mol. The Morgan fingerprint density at radius 1 is 1.08 bits per heavy atom. The van der Waals surface area contributed by atoms with E-state index in [0.29, 0.717) is 29.7 Å². The fourth-order valence-corrected chi connectivity index (χ4v) is 5.01. The van der Waals surface area contributed by atoms with Crippen LogP contribution < -0.4 is 11.1 Å². The normalized spacial score (nSPS) is 17.6. The van der Waals surface area contributed by atoms with Crippen LogP contribution in [-0.2, 0) is 0 Å². The second-order valence-electron chi connectivity index (χ2n) is 9.52. The fourth-order valence-electron chi connectivity index (χ4n) is 5.01. The van der Waals surface area contributed by atoms with Crippen LogP contribution in [0.2, 0.25) is 0 Å². The maximum Gasteiger partial charge on any atom is 0.256 e. The Balaban J connectivity index is 1.29. The Morgan fingerprint density at radius 3 is 2.69 bits per heavy atom. The lowest BCUT2D eigenvalue weighted by molar-refractivity contribution is 0.102. The molecule has 3 aromatic heterocycles. The first kappa shape index (κ1) is 22.0. The molecule has 2 fully saturated rings. The summed E-state index contributed by atoms with van der Waals surface area (Å²) in [6.07, 6.45) is 11.8. The van der Waals surface area contributed by atoms with E-state index in [2.05, 4.69) is 21.5 Å². The van der Waals surface area contributed by atoms with E-state index < -0.39 is 0 Å². The van der Waals surface area contributed by atoms with Gasteiger partial charge in [-0.15, -0.1) is 0 Å². The number of carbonyl (C=O) groups is 1. The number of nitriles is 1. The van der Waals surface area contributed by atoms with Crippen molar-refractivity contribution < 1.29 is 4.79 Å². The third-order valence-electron chi connectivity index (χ3n) is 7.03. The molecule has 1 amide bonds. The molecule has 9 nitrogen and oxygen atoms in total. The molecule has 3 N–H and O–H groups in total. The smallest absolute Gasteiger partial charge is 0.256 e. The number of anilines is 2. The van der Waals surface area contributed by atoms with Crippen molar-refractivity contribution in [1.29, 1.82) is 5.26 Å². The molecular formula is C27H26N8O. The maximum atomic E-state index is 12.9. The van der Waals surface area contributed by atoms with Gasteiger partial charge in [-0.2, -0.15) is 5.26 Å². The van der Waals surface area contributed by atoms with Crippen molar-refractivity contribution >= 4 is 23.1 Å². The number of nitrogens with one attached hydrogen (secondary N) is 1. The summed E-state index contributed by atoms with van der Waals surface area (Å²) >= 11 is 0. The summed E-state index contributed by atoms with van der Waals surface area (Å²) in [5.74, 6) is 2.33. The summed E-state index contributed by atoms with van der Waals surface area (Å²) in [4.78, 5) is 28.2. The molecule has 0 spiro atoms. The van der Waals surface area contributed by atoms with Gasteiger partial charge in [-0.1, -0.05) is 12.1 Å². The van der Waals surface area contributed by atoms with Gasteiger partial charge >= 0.3 is 0 Å². The highest BCUT2D eigenvalue weighted by atomic mass is 16.1. The molecule has 6 rings (SSSR count). The molecule has 2 aliphatic rings. The average Bonchev–Trinajstić information content (AvgIpc) is 3.69. The Hall–Kier alpha value is -4.45. The van der Waals surface area contributed by atoms with Gasteiger partial charge in [0.2, 0.25) is 0 Å². The number of imidazole rings is 1. The first-order valence-electron chi connectivity index (χ1n) is 12.3. The van der Waals surface area contributed by atoms with E-state index in [9.17, 15) is 10.1 Å². The zero-order valence-electron chi connectivity index (χ0n) is 19.8. The third kappa shape index (κ3) is 4.11. The Labute approximate surface area is 208 Å². The van der Waals surface area contributed by atoms with Crippen LogP contribution in [0, 0.1) is 11.5 Å². The van der Waals surface area contributed by atoms with Crippen LogP contribution in [0.4, 0.5) is 11.6 Å². The van der Waals surface area contributed by atoms with E-state index >= 15 is 0 Å². The van der Waals surface area contributed by atoms with Crippen molar-refractivity contribution in [3.05, 3.63) is 71.9 Å². The van der Waals surface area contributed by atoms with Crippen LogP contribution in [0.1, 0.15) is 59.3 Å². The predicted octanol–water partition coefficient (Wildman–Crippen LogP) is 4.16. The molecule has 4 heterocycles. The van der Waals surface area contributed by atoms with Crippen LogP contribution in [0.3, 0.4) is 0 Å². The molecule has 1 aliphatic heterocycles. The van der Waals surface area contributed by atoms with E-state index in [1.165, 1.54) is 18.4 Å². The number of benzene rings is 1. The minimum absolute atomic E-state index is 0.116. The molecule has 180 valence electrons. The minimum atomic E-state index is -0.211. The van der Waals surface area contributed by atoms with Crippen molar-refractivity contribution in [3.8, 4) is 17.5 Å². The summed E-state index contributed by atoms with van der Waals surface area (Å²) < 4.78 is 1.99. The number of hydrogen-bond acceptors (Lipinski definition) is 7. The highest BCUT2D eigenvalue weighted by Gasteiger charge is 2.27. The number of amides is 1. The molecule has 1 aromatic carbocycles. The highest BCUT2D eigenvalue weighted by Crippen LogP contribution is 2.40. The summed E-state index contributed by atoms with van der Waals surface area (Å²) in [7, 11) is 0. The topological polar surface area (TPSA) is 125 Å². The third-order valence-corrected chi connectivity index (χ3v) is 7.03. The largest absolute Gasteiger partial charge is 0.382 e. The molecule has 1 saturated heterocycles. The van der Waals surface area contributed by atoms with Crippen molar-refractivity contribution in [2.45, 2.75) is 37.5 Å². The number of likely N-dealkylation sites (tertiary alicyclic amines) is 1. The van der Waals surface area contributed by atoms with E-state index in [0.717, 1.165) is 42.0 Å². The number of nitrogens with zero attached hydrogens (tertiary/aromatic N) is 6. The van der Waals surface area contributed by atoms with E-state index in [1.807, 2.05) is 34.9 Å². The quantitative estimate of drug-likeness (QED) is 0.413. The summed E-state index contributed by atoms with van der Waals surface area (Å²) in [6, 6.07) is 11.3. The SMILES string of the molecule is N#CN1CCCC(c2nc(-c3ccc(C(=O)Nc4cc(C5CC5)ccn4)cc3)c3c(N)nccn23)C1. The van der Waals surface area contributed by atoms with Crippen LogP contribution >= 0.6 is 0 Å². The molecule has 4 aromatic rings. The number of nitrogens with two attached hydrogens (primary N) is 1. The second-order valence-corrected chi connectivity index (χ2v) is 9.52. The molecule has 0 bridgehead atoms. The maximum absolute atomic E-state index is 12.9. The van der Waals surface area contributed by atoms with Crippen molar-refractivity contribution in [2.75, 3.05) is 24.1 Å². The molecule has 1 aliphatic carbocycles. The van der Waals surface area contributed by atoms with Gasteiger partial charge in [-0.25, -0.2) is 15.0 Å². The Morgan fingerprint density at radius 2 is 1.92 bits per heavy atom. The van der Waals surface area contributed by atoms with Crippen LogP contribution in [-0.4, -0.2) is 43.2 Å². The average molecular weight is 479 g/mol. The number of rotatable bonds is 5. The zero-order valence-corrected chi connectivity index (χ0v) is 19.8. The number of carbonyl (C=O) groups excluding carboxylic acids is 1. The standard InChI is InChI=1S/C27H26N8O/c28-16-34-12-1-2-21(15-34)26-33-23(24-25(29)31-11-13-35(24)26)18-5-7-19(8-6-18)27(36)32-22-14-20(9-10-30-22)17-3-4-17/h5-11,13-14,17,21H,1-4,12,15H2,(H2,29,31)(H,30,32,36). The van der Waals surface area contributed by atoms with Crippen molar-refractivity contribution in [2.24, 2.45) is 0 Å². The van der Waals surface area contributed by atoms with Gasteiger partial charge in [-0.05, 0) is 61.4 Å². The molecule has 1 atom stereocenters. The number of piperidine rings is 1. The van der Waals surface area contributed by atoms with Crippen LogP contribution in [0.15, 0.2) is 55.0 Å². The van der Waals surface area contributed by atoms with Gasteiger partial charge in [-0.3, -0.25) is 9.20 Å². The monoisotopic (exact) mass is 478 g/mol. The number of fused-ring (bicyclic) bond motifs is 1. The number of pyridine rings is 1. The minimum Gasteiger partial charge on any atom is -0.382 e. The van der Waals surface area contributed by atoms with Crippen molar-refractivity contribution in [1.82, 2.24) is 24.3 Å². The lowest BCUT2D eigenvalue weighted by Crippen LogP contribution is -2.31. The molecule has 36 heavy (non-hydrogen) atoms. The van der Waals surface area contributed by atoms with Gasteiger partial charge in [0.05, 0.1) is 0 Å². The fraction of sp³-hybridized carbons (Fsp3) is 0.296. The van der Waals surface area contributed by atoms with Gasteiger partial charge < -0.3 is 16.0 Å². The summed E-state index contributed by atoms with van der Waals surface area (Å²) in [5.41, 5.74) is 10.3. The highest BCUT2D eigenvalue weighted by molar-refractivity contribution is 6.04. The van der Waals surface area contributed by atoms with E-state index in [1.54, 1.807) is 29.4 Å².